The molecule has 1 saturated heterocycles. The van der Waals surface area contributed by atoms with Crippen molar-refractivity contribution in [1.82, 2.24) is 0 Å². The molecular weight excluding hydrogens is 132 g/mol. The van der Waals surface area contributed by atoms with Crippen LogP contribution in [-0.2, 0) is 14.3 Å². The van der Waals surface area contributed by atoms with Crippen LogP contribution in [0.2, 0.25) is 0 Å². The largest absolute Gasteiger partial charge is 0.392 e. The van der Waals surface area contributed by atoms with E-state index in [1.165, 1.54) is 0 Å². The third-order valence-electron chi connectivity index (χ3n) is 2.89. The summed E-state index contributed by atoms with van der Waals surface area (Å²) in [5, 5.41) is 0. The van der Waals surface area contributed by atoms with Gasteiger partial charge in [0.15, 0.2) is 0 Å². The molecule has 2 rings (SSSR count). The van der Waals surface area contributed by atoms with Crippen LogP contribution in [0.3, 0.4) is 0 Å². The van der Waals surface area contributed by atoms with Crippen LogP contribution < -0.4 is 0 Å². The van der Waals surface area contributed by atoms with E-state index in [4.69, 9.17) is 0 Å². The SMILES string of the molecule is C[C@@]12C[C@@]1(C)C(=O)OC2=O. The molecule has 0 unspecified atom stereocenters. The summed E-state index contributed by atoms with van der Waals surface area (Å²) in [6, 6.07) is 0. The minimum absolute atomic E-state index is 0.347. The van der Waals surface area contributed by atoms with Gasteiger partial charge in [0.25, 0.3) is 0 Å². The number of ether oxygens (including phenoxy) is 1. The standard InChI is InChI=1S/C7H8O3/c1-6-3-7(6,2)5(9)10-4(6)8/h3H2,1-2H3/t6-,7-/m0/s1. The highest BCUT2D eigenvalue weighted by atomic mass is 16.6. The Bertz CT molecular complexity index is 221. The molecule has 54 valence electrons. The number of carbonyl (C=O) groups excluding carboxylic acids is 2. The maximum absolute atomic E-state index is 10.9. The first-order valence-corrected chi connectivity index (χ1v) is 3.27. The minimum atomic E-state index is -0.482. The molecule has 0 aromatic carbocycles. The van der Waals surface area contributed by atoms with Crippen LogP contribution in [0.1, 0.15) is 20.3 Å². The summed E-state index contributed by atoms with van der Waals surface area (Å²) in [4.78, 5) is 21.8. The summed E-state index contributed by atoms with van der Waals surface area (Å²) in [5.41, 5.74) is -0.964. The zero-order valence-corrected chi connectivity index (χ0v) is 5.93. The third-order valence-corrected chi connectivity index (χ3v) is 2.89. The van der Waals surface area contributed by atoms with Crippen molar-refractivity contribution in [1.29, 1.82) is 0 Å². The molecule has 3 nitrogen and oxygen atoms in total. The summed E-state index contributed by atoms with van der Waals surface area (Å²) in [6.07, 6.45) is 0.664. The molecule has 0 aromatic heterocycles. The van der Waals surface area contributed by atoms with Gasteiger partial charge in [0, 0.05) is 0 Å². The van der Waals surface area contributed by atoms with Gasteiger partial charge in [-0.05, 0) is 20.3 Å². The molecule has 1 aliphatic carbocycles. The number of fused-ring (bicyclic) bond motifs is 1. The van der Waals surface area contributed by atoms with Gasteiger partial charge in [-0.25, -0.2) is 0 Å². The van der Waals surface area contributed by atoms with E-state index in [2.05, 4.69) is 4.74 Å². The molecule has 1 saturated carbocycles. The van der Waals surface area contributed by atoms with Crippen LogP contribution in [0.25, 0.3) is 0 Å². The Morgan fingerprint density at radius 2 is 1.60 bits per heavy atom. The quantitative estimate of drug-likeness (QED) is 0.363. The summed E-state index contributed by atoms with van der Waals surface area (Å²) in [6.45, 7) is 3.56. The molecule has 0 aromatic rings. The fourth-order valence-corrected chi connectivity index (χ4v) is 1.57. The Kier molecular flexibility index (Phi) is 0.667. The first-order chi connectivity index (χ1) is 4.51. The number of cyclic esters (lactones) is 2. The van der Waals surface area contributed by atoms with Gasteiger partial charge >= 0.3 is 11.9 Å². The normalized spacial score (nSPS) is 50.6. The highest BCUT2D eigenvalue weighted by molar-refractivity contribution is 6.06. The summed E-state index contributed by atoms with van der Waals surface area (Å²) < 4.78 is 4.45. The van der Waals surface area contributed by atoms with Crippen molar-refractivity contribution in [2.24, 2.45) is 10.8 Å². The average molecular weight is 140 g/mol. The highest BCUT2D eigenvalue weighted by Crippen LogP contribution is 2.68. The molecule has 0 bridgehead atoms. The van der Waals surface area contributed by atoms with Crippen molar-refractivity contribution in [3.63, 3.8) is 0 Å². The van der Waals surface area contributed by atoms with E-state index in [0.717, 1.165) is 0 Å². The van der Waals surface area contributed by atoms with E-state index in [0.29, 0.717) is 6.42 Å². The van der Waals surface area contributed by atoms with Crippen LogP contribution in [0.15, 0.2) is 0 Å². The second kappa shape index (κ2) is 1.13. The van der Waals surface area contributed by atoms with Crippen LogP contribution in [0, 0.1) is 10.8 Å². The summed E-state index contributed by atoms with van der Waals surface area (Å²) in [5.74, 6) is -0.694. The fraction of sp³-hybridized carbons (Fsp3) is 0.714. The Balaban J connectivity index is 2.47. The lowest BCUT2D eigenvalue weighted by atomic mass is 10.00. The molecule has 0 amide bonds. The van der Waals surface area contributed by atoms with Crippen molar-refractivity contribution >= 4 is 11.9 Å². The van der Waals surface area contributed by atoms with Crippen LogP contribution in [-0.4, -0.2) is 11.9 Å². The lowest BCUT2D eigenvalue weighted by Crippen LogP contribution is -2.09. The van der Waals surface area contributed by atoms with Gasteiger partial charge in [-0.15, -0.1) is 0 Å². The maximum atomic E-state index is 10.9. The van der Waals surface area contributed by atoms with Crippen molar-refractivity contribution in [2.45, 2.75) is 20.3 Å². The molecule has 3 heteroatoms. The molecule has 0 spiro atoms. The first-order valence-electron chi connectivity index (χ1n) is 3.27. The van der Waals surface area contributed by atoms with E-state index in [1.807, 2.05) is 0 Å². The predicted molar refractivity (Wildman–Crippen MR) is 31.9 cm³/mol. The second-order valence-electron chi connectivity index (χ2n) is 3.52. The number of hydrogen-bond donors (Lipinski definition) is 0. The Hall–Kier alpha value is -0.860. The van der Waals surface area contributed by atoms with Gasteiger partial charge in [-0.3, -0.25) is 9.59 Å². The van der Waals surface area contributed by atoms with Crippen LogP contribution >= 0.6 is 0 Å². The summed E-state index contributed by atoms with van der Waals surface area (Å²) >= 11 is 0. The van der Waals surface area contributed by atoms with E-state index < -0.39 is 10.8 Å². The van der Waals surface area contributed by atoms with Gasteiger partial charge in [-0.2, -0.15) is 0 Å². The topological polar surface area (TPSA) is 43.4 Å². The minimum Gasteiger partial charge on any atom is -0.392 e. The van der Waals surface area contributed by atoms with Gasteiger partial charge < -0.3 is 4.74 Å². The van der Waals surface area contributed by atoms with Crippen molar-refractivity contribution in [3.05, 3.63) is 0 Å². The molecule has 10 heavy (non-hydrogen) atoms. The van der Waals surface area contributed by atoms with Crippen LogP contribution in [0.5, 0.6) is 0 Å². The van der Waals surface area contributed by atoms with E-state index in [1.54, 1.807) is 13.8 Å². The average Bonchev–Trinajstić information content (AvgIpc) is 2.33. The first kappa shape index (κ1) is 5.89. The maximum Gasteiger partial charge on any atom is 0.320 e. The number of hydrogen-bond acceptors (Lipinski definition) is 3. The lowest BCUT2D eigenvalue weighted by Gasteiger charge is -1.95. The lowest BCUT2D eigenvalue weighted by molar-refractivity contribution is -0.157. The van der Waals surface area contributed by atoms with E-state index >= 15 is 0 Å². The van der Waals surface area contributed by atoms with Gasteiger partial charge in [0.1, 0.15) is 0 Å². The molecule has 2 fully saturated rings. The fourth-order valence-electron chi connectivity index (χ4n) is 1.57. The van der Waals surface area contributed by atoms with Crippen molar-refractivity contribution in [2.75, 3.05) is 0 Å². The molecule has 2 aliphatic rings. The summed E-state index contributed by atoms with van der Waals surface area (Å²) in [7, 11) is 0. The molecular formula is C7H8O3. The Morgan fingerprint density at radius 3 is 1.70 bits per heavy atom. The van der Waals surface area contributed by atoms with Crippen molar-refractivity contribution < 1.29 is 14.3 Å². The van der Waals surface area contributed by atoms with Crippen LogP contribution in [0.4, 0.5) is 0 Å². The predicted octanol–water partition coefficient (Wildman–Crippen LogP) is 0.486. The monoisotopic (exact) mass is 140 g/mol. The third kappa shape index (κ3) is 0.340. The molecule has 2 atom stereocenters. The number of esters is 2. The highest BCUT2D eigenvalue weighted by Gasteiger charge is 2.77. The zero-order valence-electron chi connectivity index (χ0n) is 5.93. The number of carbonyl (C=O) groups is 2. The molecule has 1 heterocycles. The Labute approximate surface area is 58.4 Å². The van der Waals surface area contributed by atoms with Crippen molar-refractivity contribution in [3.8, 4) is 0 Å². The number of rotatable bonds is 0. The zero-order chi connectivity index (χ0) is 7.57. The van der Waals surface area contributed by atoms with E-state index in [-0.39, 0.29) is 11.9 Å². The second-order valence-corrected chi connectivity index (χ2v) is 3.52. The van der Waals surface area contributed by atoms with E-state index in [9.17, 15) is 9.59 Å². The molecule has 0 N–H and O–H groups in total. The van der Waals surface area contributed by atoms with Gasteiger partial charge in [0.2, 0.25) is 0 Å². The van der Waals surface area contributed by atoms with Gasteiger partial charge in [-0.1, -0.05) is 0 Å². The molecule has 0 radical (unpaired) electrons. The van der Waals surface area contributed by atoms with Gasteiger partial charge in [0.05, 0.1) is 10.8 Å². The smallest absolute Gasteiger partial charge is 0.320 e. The molecule has 1 aliphatic heterocycles. The Morgan fingerprint density at radius 1 is 1.20 bits per heavy atom.